The summed E-state index contributed by atoms with van der Waals surface area (Å²) in [5.41, 5.74) is 3.32. The van der Waals surface area contributed by atoms with Crippen LogP contribution in [0, 0.1) is 5.82 Å². The highest BCUT2D eigenvalue weighted by atomic mass is 19.1. The Hall–Kier alpha value is -4.00. The van der Waals surface area contributed by atoms with Crippen LogP contribution in [-0.4, -0.2) is 34.8 Å². The SMILES string of the molecule is O=C1C(Nc2ccc(N3CCCC3)cc2)=C(c2ccc(F)cc2)C(=O)N1Cc1ccccn1. The van der Waals surface area contributed by atoms with Crippen molar-refractivity contribution in [1.82, 2.24) is 9.88 Å². The Morgan fingerprint density at radius 3 is 2.27 bits per heavy atom. The van der Waals surface area contributed by atoms with Crippen molar-refractivity contribution in [2.24, 2.45) is 0 Å². The lowest BCUT2D eigenvalue weighted by Gasteiger charge is -2.18. The molecule has 0 saturated carbocycles. The van der Waals surface area contributed by atoms with E-state index >= 15 is 0 Å². The van der Waals surface area contributed by atoms with E-state index in [1.54, 1.807) is 18.3 Å². The number of hydrogen-bond donors (Lipinski definition) is 1. The normalized spacial score (nSPS) is 16.2. The molecule has 1 saturated heterocycles. The number of pyridine rings is 1. The zero-order valence-electron chi connectivity index (χ0n) is 18.0. The predicted octanol–water partition coefficient (Wildman–Crippen LogP) is 4.21. The third-order valence-corrected chi connectivity index (χ3v) is 5.96. The molecule has 0 bridgehead atoms. The molecule has 1 fully saturated rings. The molecular formula is C26H23FN4O2. The van der Waals surface area contributed by atoms with E-state index in [1.165, 1.54) is 42.0 Å². The van der Waals surface area contributed by atoms with Crippen LogP contribution in [-0.2, 0) is 16.1 Å². The predicted molar refractivity (Wildman–Crippen MR) is 125 cm³/mol. The van der Waals surface area contributed by atoms with Gasteiger partial charge in [0.1, 0.15) is 11.5 Å². The van der Waals surface area contributed by atoms with Crippen molar-refractivity contribution in [3.05, 3.63) is 95.7 Å². The molecule has 2 amide bonds. The quantitative estimate of drug-likeness (QED) is 0.580. The van der Waals surface area contributed by atoms with Crippen molar-refractivity contribution in [1.29, 1.82) is 0 Å². The number of anilines is 2. The summed E-state index contributed by atoms with van der Waals surface area (Å²) in [4.78, 5) is 34.4. The summed E-state index contributed by atoms with van der Waals surface area (Å²) in [6.45, 7) is 2.15. The van der Waals surface area contributed by atoms with Crippen LogP contribution in [0.4, 0.5) is 15.8 Å². The molecule has 1 N–H and O–H groups in total. The second-order valence-electron chi connectivity index (χ2n) is 8.14. The Morgan fingerprint density at radius 2 is 1.61 bits per heavy atom. The van der Waals surface area contributed by atoms with E-state index in [9.17, 15) is 14.0 Å². The lowest BCUT2D eigenvalue weighted by atomic mass is 10.0. The van der Waals surface area contributed by atoms with Crippen LogP contribution >= 0.6 is 0 Å². The Bertz CT molecular complexity index is 1200. The first kappa shape index (κ1) is 20.9. The first-order valence-electron chi connectivity index (χ1n) is 11.0. The molecule has 5 rings (SSSR count). The molecule has 33 heavy (non-hydrogen) atoms. The number of aromatic nitrogens is 1. The first-order chi connectivity index (χ1) is 16.1. The average molecular weight is 442 g/mol. The number of imide groups is 1. The smallest absolute Gasteiger partial charge is 0.278 e. The molecule has 6 nitrogen and oxygen atoms in total. The number of carbonyl (C=O) groups is 2. The van der Waals surface area contributed by atoms with Crippen LogP contribution in [0.2, 0.25) is 0 Å². The minimum absolute atomic E-state index is 0.0578. The van der Waals surface area contributed by atoms with Gasteiger partial charge in [-0.25, -0.2) is 4.39 Å². The second kappa shape index (κ2) is 8.86. The monoisotopic (exact) mass is 442 g/mol. The third-order valence-electron chi connectivity index (χ3n) is 5.96. The molecule has 2 aromatic carbocycles. The zero-order valence-corrected chi connectivity index (χ0v) is 18.0. The summed E-state index contributed by atoms with van der Waals surface area (Å²) in [6.07, 6.45) is 4.00. The molecule has 0 atom stereocenters. The molecule has 2 aliphatic rings. The van der Waals surface area contributed by atoms with Gasteiger partial charge in [0, 0.05) is 30.7 Å². The highest BCUT2D eigenvalue weighted by molar-refractivity contribution is 6.36. The number of carbonyl (C=O) groups excluding carboxylic acids is 2. The van der Waals surface area contributed by atoms with Crippen LogP contribution < -0.4 is 10.2 Å². The molecule has 2 aliphatic heterocycles. The van der Waals surface area contributed by atoms with Crippen LogP contribution in [0.25, 0.3) is 5.57 Å². The first-order valence-corrected chi connectivity index (χ1v) is 11.0. The molecule has 0 radical (unpaired) electrons. The van der Waals surface area contributed by atoms with E-state index in [-0.39, 0.29) is 17.8 Å². The molecule has 3 heterocycles. The van der Waals surface area contributed by atoms with Gasteiger partial charge in [-0.05, 0) is 66.9 Å². The Balaban J connectivity index is 1.47. The van der Waals surface area contributed by atoms with Gasteiger partial charge >= 0.3 is 0 Å². The third kappa shape index (κ3) is 4.22. The lowest BCUT2D eigenvalue weighted by molar-refractivity contribution is -0.137. The summed E-state index contributed by atoms with van der Waals surface area (Å²) < 4.78 is 13.5. The molecule has 0 unspecified atom stereocenters. The molecule has 1 aromatic heterocycles. The standard InChI is InChI=1S/C26H23FN4O2/c27-19-8-6-18(7-9-19)23-24(26(33)31(25(23)32)17-21-5-1-2-14-28-21)29-20-10-12-22(13-11-20)30-15-3-4-16-30/h1-2,5-14,29H,3-4,15-17H2. The van der Waals surface area contributed by atoms with Crippen molar-refractivity contribution in [2.45, 2.75) is 19.4 Å². The van der Waals surface area contributed by atoms with Gasteiger partial charge in [0.25, 0.3) is 11.8 Å². The van der Waals surface area contributed by atoms with Crippen molar-refractivity contribution in [3.8, 4) is 0 Å². The van der Waals surface area contributed by atoms with Gasteiger partial charge < -0.3 is 10.2 Å². The second-order valence-corrected chi connectivity index (χ2v) is 8.14. The van der Waals surface area contributed by atoms with Gasteiger partial charge in [-0.3, -0.25) is 19.5 Å². The maximum Gasteiger partial charge on any atom is 0.278 e. The van der Waals surface area contributed by atoms with E-state index in [0.29, 0.717) is 16.9 Å². The highest BCUT2D eigenvalue weighted by Gasteiger charge is 2.39. The number of halogens is 1. The van der Waals surface area contributed by atoms with E-state index < -0.39 is 17.6 Å². The molecule has 0 aliphatic carbocycles. The number of amides is 2. The van der Waals surface area contributed by atoms with Crippen LogP contribution in [0.5, 0.6) is 0 Å². The molecule has 7 heteroatoms. The summed E-state index contributed by atoms with van der Waals surface area (Å²) >= 11 is 0. The van der Waals surface area contributed by atoms with E-state index in [1.807, 2.05) is 30.3 Å². The van der Waals surface area contributed by atoms with Crippen molar-refractivity contribution in [3.63, 3.8) is 0 Å². The fourth-order valence-electron chi connectivity index (χ4n) is 4.25. The number of benzene rings is 2. The highest BCUT2D eigenvalue weighted by Crippen LogP contribution is 2.32. The van der Waals surface area contributed by atoms with E-state index in [2.05, 4.69) is 15.2 Å². The fourth-order valence-corrected chi connectivity index (χ4v) is 4.25. The van der Waals surface area contributed by atoms with Crippen molar-refractivity contribution >= 4 is 28.8 Å². The van der Waals surface area contributed by atoms with Crippen molar-refractivity contribution in [2.75, 3.05) is 23.3 Å². The van der Waals surface area contributed by atoms with Gasteiger partial charge in [0.05, 0.1) is 17.8 Å². The largest absolute Gasteiger partial charge is 0.372 e. The van der Waals surface area contributed by atoms with Gasteiger partial charge in [0.15, 0.2) is 0 Å². The summed E-state index contributed by atoms with van der Waals surface area (Å²) in [5, 5.41) is 3.15. The van der Waals surface area contributed by atoms with Gasteiger partial charge in [-0.1, -0.05) is 18.2 Å². The molecular weight excluding hydrogens is 419 g/mol. The Morgan fingerprint density at radius 1 is 0.879 bits per heavy atom. The fraction of sp³-hybridized carbons (Fsp3) is 0.192. The minimum atomic E-state index is -0.437. The molecule has 0 spiro atoms. The minimum Gasteiger partial charge on any atom is -0.372 e. The average Bonchev–Trinajstić information content (AvgIpc) is 3.45. The number of nitrogens with zero attached hydrogens (tertiary/aromatic N) is 3. The topological polar surface area (TPSA) is 65.5 Å². The van der Waals surface area contributed by atoms with Gasteiger partial charge in [-0.2, -0.15) is 0 Å². The lowest BCUT2D eigenvalue weighted by Crippen LogP contribution is -2.32. The maximum atomic E-state index is 13.5. The Labute approximate surface area is 191 Å². The van der Waals surface area contributed by atoms with Crippen LogP contribution in [0.3, 0.4) is 0 Å². The molecule has 166 valence electrons. The summed E-state index contributed by atoms with van der Waals surface area (Å²) in [7, 11) is 0. The van der Waals surface area contributed by atoms with E-state index in [4.69, 9.17) is 0 Å². The Kier molecular flexibility index (Phi) is 5.60. The summed E-state index contributed by atoms with van der Waals surface area (Å²) in [6, 6.07) is 18.8. The van der Waals surface area contributed by atoms with Crippen molar-refractivity contribution < 1.29 is 14.0 Å². The number of nitrogens with one attached hydrogen (secondary N) is 1. The summed E-state index contributed by atoms with van der Waals surface area (Å²) in [5.74, 6) is -1.28. The van der Waals surface area contributed by atoms with Gasteiger partial charge in [-0.15, -0.1) is 0 Å². The van der Waals surface area contributed by atoms with Crippen LogP contribution in [0.1, 0.15) is 24.1 Å². The van der Waals surface area contributed by atoms with Gasteiger partial charge in [0.2, 0.25) is 0 Å². The zero-order chi connectivity index (χ0) is 22.8. The van der Waals surface area contributed by atoms with E-state index in [0.717, 1.165) is 18.8 Å². The maximum absolute atomic E-state index is 13.5. The number of hydrogen-bond acceptors (Lipinski definition) is 5. The molecule has 3 aromatic rings. The number of rotatable bonds is 6. The van der Waals surface area contributed by atoms with Crippen LogP contribution in [0.15, 0.2) is 78.6 Å².